The van der Waals surface area contributed by atoms with Gasteiger partial charge in [-0.05, 0) is 38.5 Å². The molecule has 6 nitrogen and oxygen atoms in total. The number of halogens is 1. The molecule has 0 aliphatic carbocycles. The molecule has 1 aromatic carbocycles. The van der Waals surface area contributed by atoms with Crippen LogP contribution in [0.1, 0.15) is 19.4 Å². The highest BCUT2D eigenvalue weighted by molar-refractivity contribution is 14.0. The Balaban J connectivity index is 0.00000625. The van der Waals surface area contributed by atoms with Gasteiger partial charge >= 0.3 is 0 Å². The van der Waals surface area contributed by atoms with Gasteiger partial charge in [0, 0.05) is 20.6 Å². The third-order valence-electron chi connectivity index (χ3n) is 3.31. The first-order valence-electron chi connectivity index (χ1n) is 8.38. The summed E-state index contributed by atoms with van der Waals surface area (Å²) in [6, 6.07) is 7.94. The van der Waals surface area contributed by atoms with Gasteiger partial charge in [-0.25, -0.2) is 4.99 Å². The molecule has 2 N–H and O–H groups in total. The lowest BCUT2D eigenvalue weighted by Crippen LogP contribution is -2.43. The van der Waals surface area contributed by atoms with Crippen LogP contribution in [0, 0.1) is 6.92 Å². The normalized spacial score (nSPS) is 11.8. The number of guanidine groups is 1. The van der Waals surface area contributed by atoms with Gasteiger partial charge in [0.15, 0.2) is 5.96 Å². The Morgan fingerprint density at radius 3 is 2.62 bits per heavy atom. The van der Waals surface area contributed by atoms with Crippen molar-refractivity contribution in [3.63, 3.8) is 0 Å². The van der Waals surface area contributed by atoms with E-state index in [1.165, 1.54) is 4.90 Å². The number of aliphatic imine (C=N–C) groups is 1. The van der Waals surface area contributed by atoms with Crippen LogP contribution in [0.4, 0.5) is 0 Å². The van der Waals surface area contributed by atoms with Crippen molar-refractivity contribution in [2.75, 3.05) is 33.7 Å². The minimum atomic E-state index is -0.0551. The smallest absolute Gasteiger partial charge is 0.243 e. The van der Waals surface area contributed by atoms with Crippen molar-refractivity contribution in [3.05, 3.63) is 42.0 Å². The van der Waals surface area contributed by atoms with Crippen LogP contribution < -0.4 is 15.4 Å². The van der Waals surface area contributed by atoms with Crippen LogP contribution in [-0.4, -0.2) is 56.6 Å². The predicted molar refractivity (Wildman–Crippen MR) is 118 cm³/mol. The van der Waals surface area contributed by atoms with Crippen molar-refractivity contribution >= 4 is 35.8 Å². The monoisotopic (exact) mass is 474 g/mol. The molecule has 0 saturated heterocycles. The van der Waals surface area contributed by atoms with Gasteiger partial charge in [-0.1, -0.05) is 24.3 Å². The summed E-state index contributed by atoms with van der Waals surface area (Å²) >= 11 is 0. The van der Waals surface area contributed by atoms with Crippen molar-refractivity contribution in [2.24, 2.45) is 4.99 Å². The second-order valence-electron chi connectivity index (χ2n) is 6.39. The highest BCUT2D eigenvalue weighted by Gasteiger charge is 2.08. The molecule has 0 aromatic heterocycles. The highest BCUT2D eigenvalue weighted by atomic mass is 127. The molecule has 0 radical (unpaired) electrons. The van der Waals surface area contributed by atoms with E-state index in [2.05, 4.69) is 22.2 Å². The molecule has 0 saturated carbocycles. The van der Waals surface area contributed by atoms with Gasteiger partial charge in [-0.15, -0.1) is 24.0 Å². The van der Waals surface area contributed by atoms with Crippen LogP contribution in [-0.2, 0) is 4.79 Å². The molecule has 0 bridgehead atoms. The Bertz CT molecular complexity index is 617. The number of nitrogens with one attached hydrogen (secondary N) is 2. The van der Waals surface area contributed by atoms with E-state index in [9.17, 15) is 4.79 Å². The van der Waals surface area contributed by atoms with Gasteiger partial charge in [-0.2, -0.15) is 0 Å². The lowest BCUT2D eigenvalue weighted by Gasteiger charge is -2.18. The number of nitrogens with zero attached hydrogens (tertiary/aromatic N) is 2. The lowest BCUT2D eigenvalue weighted by atomic mass is 10.2. The standard InChI is InChI=1S/C19H30N4O2.HI/c1-14(2)11-20-19(22-13-18(24)23(5)6)21-12-16(4)25-17-9-7-8-15(3)10-17;/h7-10,16H,1,11-13H2,2-6H3,(H2,20,21,22);1H. The first-order chi connectivity index (χ1) is 11.8. The number of hydrogen-bond donors (Lipinski definition) is 2. The Labute approximate surface area is 174 Å². The van der Waals surface area contributed by atoms with Gasteiger partial charge in [0.25, 0.3) is 0 Å². The summed E-state index contributed by atoms with van der Waals surface area (Å²) < 4.78 is 5.90. The lowest BCUT2D eigenvalue weighted by molar-refractivity contribution is -0.127. The number of benzene rings is 1. The number of carbonyl (C=O) groups is 1. The molecule has 0 heterocycles. The SMILES string of the molecule is C=C(C)CNC(=NCC(=O)N(C)C)NCC(C)Oc1cccc(C)c1.I. The highest BCUT2D eigenvalue weighted by Crippen LogP contribution is 2.13. The summed E-state index contributed by atoms with van der Waals surface area (Å²) in [6.07, 6.45) is -0.0526. The second-order valence-corrected chi connectivity index (χ2v) is 6.39. The summed E-state index contributed by atoms with van der Waals surface area (Å²) in [5.41, 5.74) is 2.14. The first kappa shape index (κ1) is 24.2. The minimum absolute atomic E-state index is 0. The van der Waals surface area contributed by atoms with Gasteiger partial charge in [0.2, 0.25) is 5.91 Å². The van der Waals surface area contributed by atoms with Crippen LogP contribution in [0.15, 0.2) is 41.4 Å². The molecule has 1 amide bonds. The zero-order valence-electron chi connectivity index (χ0n) is 16.3. The van der Waals surface area contributed by atoms with E-state index < -0.39 is 0 Å². The third kappa shape index (κ3) is 10.3. The summed E-state index contributed by atoms with van der Waals surface area (Å²) in [5, 5.41) is 6.36. The van der Waals surface area contributed by atoms with Crippen LogP contribution >= 0.6 is 24.0 Å². The van der Waals surface area contributed by atoms with Crippen LogP contribution in [0.3, 0.4) is 0 Å². The van der Waals surface area contributed by atoms with E-state index in [0.29, 0.717) is 19.0 Å². The maximum Gasteiger partial charge on any atom is 0.243 e. The Morgan fingerprint density at radius 2 is 2.04 bits per heavy atom. The van der Waals surface area contributed by atoms with E-state index >= 15 is 0 Å². The van der Waals surface area contributed by atoms with E-state index in [-0.39, 0.29) is 42.5 Å². The fourth-order valence-electron chi connectivity index (χ4n) is 1.90. The molecule has 146 valence electrons. The van der Waals surface area contributed by atoms with E-state index in [1.807, 2.05) is 45.0 Å². The predicted octanol–water partition coefficient (Wildman–Crippen LogP) is 2.58. The van der Waals surface area contributed by atoms with E-state index in [4.69, 9.17) is 4.74 Å². The van der Waals surface area contributed by atoms with E-state index in [0.717, 1.165) is 16.9 Å². The summed E-state index contributed by atoms with van der Waals surface area (Å²) in [5.74, 6) is 1.35. The summed E-state index contributed by atoms with van der Waals surface area (Å²) in [7, 11) is 3.42. The van der Waals surface area contributed by atoms with Crippen LogP contribution in [0.25, 0.3) is 0 Å². The second kappa shape index (κ2) is 12.6. The molecule has 0 fully saturated rings. The number of amides is 1. The largest absolute Gasteiger partial charge is 0.489 e. The molecular formula is C19H31IN4O2. The molecule has 26 heavy (non-hydrogen) atoms. The number of aryl methyl sites for hydroxylation is 1. The Kier molecular flexibility index (Phi) is 11.7. The molecule has 1 aromatic rings. The van der Waals surface area contributed by atoms with Crippen molar-refractivity contribution in [2.45, 2.75) is 26.9 Å². The van der Waals surface area contributed by atoms with Crippen LogP contribution in [0.2, 0.25) is 0 Å². The van der Waals surface area contributed by atoms with Crippen LogP contribution in [0.5, 0.6) is 5.75 Å². The molecular weight excluding hydrogens is 443 g/mol. The zero-order chi connectivity index (χ0) is 18.8. The Hall–Kier alpha value is -1.77. The van der Waals surface area contributed by atoms with Gasteiger partial charge < -0.3 is 20.3 Å². The molecule has 0 spiro atoms. The fourth-order valence-corrected chi connectivity index (χ4v) is 1.90. The maximum absolute atomic E-state index is 11.7. The van der Waals surface area contributed by atoms with Gasteiger partial charge in [-0.3, -0.25) is 4.79 Å². The van der Waals surface area contributed by atoms with Gasteiger partial charge in [0.1, 0.15) is 18.4 Å². The number of rotatable bonds is 8. The number of ether oxygens (including phenoxy) is 1. The Morgan fingerprint density at radius 1 is 1.35 bits per heavy atom. The molecule has 1 unspecified atom stereocenters. The molecule has 0 aliphatic rings. The average molecular weight is 474 g/mol. The zero-order valence-corrected chi connectivity index (χ0v) is 18.7. The number of carbonyl (C=O) groups excluding carboxylic acids is 1. The fraction of sp³-hybridized carbons (Fsp3) is 0.474. The first-order valence-corrected chi connectivity index (χ1v) is 8.38. The maximum atomic E-state index is 11.7. The van der Waals surface area contributed by atoms with Crippen molar-refractivity contribution < 1.29 is 9.53 Å². The topological polar surface area (TPSA) is 66.0 Å². The molecule has 7 heteroatoms. The van der Waals surface area contributed by atoms with Crippen molar-refractivity contribution in [1.29, 1.82) is 0 Å². The molecule has 0 aliphatic heterocycles. The van der Waals surface area contributed by atoms with Crippen molar-refractivity contribution in [1.82, 2.24) is 15.5 Å². The quantitative estimate of drug-likeness (QED) is 0.263. The van der Waals surface area contributed by atoms with Crippen molar-refractivity contribution in [3.8, 4) is 5.75 Å². The number of likely N-dealkylation sites (N-methyl/N-ethyl adjacent to an activating group) is 1. The van der Waals surface area contributed by atoms with Gasteiger partial charge in [0.05, 0.1) is 6.54 Å². The number of hydrogen-bond acceptors (Lipinski definition) is 3. The summed E-state index contributed by atoms with van der Waals surface area (Å²) in [4.78, 5) is 17.6. The average Bonchev–Trinajstić information content (AvgIpc) is 2.53. The van der Waals surface area contributed by atoms with E-state index in [1.54, 1.807) is 14.1 Å². The summed E-state index contributed by atoms with van der Waals surface area (Å²) in [6.45, 7) is 11.1. The molecule has 1 atom stereocenters. The minimum Gasteiger partial charge on any atom is -0.489 e. The molecule has 1 rings (SSSR count). The third-order valence-corrected chi connectivity index (χ3v) is 3.31.